The van der Waals surface area contributed by atoms with Gasteiger partial charge < -0.3 is 10.2 Å². The second-order valence-electron chi connectivity index (χ2n) is 9.16. The number of benzene rings is 3. The van der Waals surface area contributed by atoms with Crippen molar-refractivity contribution in [2.24, 2.45) is 0 Å². The van der Waals surface area contributed by atoms with Crippen LogP contribution in [0.3, 0.4) is 0 Å². The van der Waals surface area contributed by atoms with Gasteiger partial charge >= 0.3 is 0 Å². The van der Waals surface area contributed by atoms with E-state index in [0.29, 0.717) is 27.1 Å². The number of rotatable bonds is 11. The Morgan fingerprint density at radius 3 is 2.05 bits per heavy atom. The summed E-state index contributed by atoms with van der Waals surface area (Å²) in [6, 6.07) is 15.5. The normalized spacial score (nSPS) is 12.9. The Kier molecular flexibility index (Phi) is 11.1. The summed E-state index contributed by atoms with van der Waals surface area (Å²) < 4.78 is 28.6. The fourth-order valence-corrected chi connectivity index (χ4v) is 6.03. The van der Waals surface area contributed by atoms with Crippen molar-refractivity contribution >= 4 is 73.9 Å². The Bertz CT molecular complexity index is 1450. The van der Waals surface area contributed by atoms with Crippen LogP contribution in [-0.4, -0.2) is 43.8 Å². The van der Waals surface area contributed by atoms with E-state index in [-0.39, 0.29) is 28.2 Å². The monoisotopic (exact) mass is 643 g/mol. The van der Waals surface area contributed by atoms with Gasteiger partial charge in [0.05, 0.1) is 10.6 Å². The van der Waals surface area contributed by atoms with Crippen molar-refractivity contribution in [2.75, 3.05) is 10.8 Å². The van der Waals surface area contributed by atoms with Crippen molar-refractivity contribution in [3.8, 4) is 0 Å². The maximum absolute atomic E-state index is 14.0. The molecule has 0 fully saturated rings. The van der Waals surface area contributed by atoms with E-state index in [4.69, 9.17) is 46.4 Å². The molecule has 2 atom stereocenters. The SMILES string of the molecule is CC[C@@H](C)NC(=O)[C@H](C)N(Cc1c(Cl)cccc1Cl)C(=O)CN(c1cccc(Cl)c1)S(=O)(=O)c1ccc(Cl)cc1. The van der Waals surface area contributed by atoms with Crippen LogP contribution in [0.4, 0.5) is 5.69 Å². The van der Waals surface area contributed by atoms with Gasteiger partial charge in [-0.3, -0.25) is 13.9 Å². The van der Waals surface area contributed by atoms with Crippen LogP contribution in [0.1, 0.15) is 32.8 Å². The summed E-state index contributed by atoms with van der Waals surface area (Å²) in [5.41, 5.74) is 0.598. The molecule has 40 heavy (non-hydrogen) atoms. The van der Waals surface area contributed by atoms with Gasteiger partial charge in [0, 0.05) is 38.2 Å². The second kappa shape index (κ2) is 13.9. The largest absolute Gasteiger partial charge is 0.352 e. The minimum Gasteiger partial charge on any atom is -0.352 e. The Morgan fingerprint density at radius 2 is 1.48 bits per heavy atom. The van der Waals surface area contributed by atoms with Crippen LogP contribution in [0, 0.1) is 0 Å². The van der Waals surface area contributed by atoms with Gasteiger partial charge in [-0.15, -0.1) is 0 Å². The smallest absolute Gasteiger partial charge is 0.264 e. The number of amides is 2. The van der Waals surface area contributed by atoms with Gasteiger partial charge in [0.2, 0.25) is 11.8 Å². The van der Waals surface area contributed by atoms with Crippen molar-refractivity contribution < 1.29 is 18.0 Å². The number of anilines is 1. The highest BCUT2D eigenvalue weighted by atomic mass is 35.5. The Balaban J connectivity index is 2.07. The number of nitrogens with one attached hydrogen (secondary N) is 1. The summed E-state index contributed by atoms with van der Waals surface area (Å²) in [6.45, 7) is 4.58. The third-order valence-electron chi connectivity index (χ3n) is 6.34. The summed E-state index contributed by atoms with van der Waals surface area (Å²) in [4.78, 5) is 28.3. The molecule has 3 aromatic rings. The van der Waals surface area contributed by atoms with E-state index < -0.39 is 34.4 Å². The first-order valence-electron chi connectivity index (χ1n) is 12.4. The van der Waals surface area contributed by atoms with E-state index >= 15 is 0 Å². The quantitative estimate of drug-likeness (QED) is 0.248. The zero-order valence-electron chi connectivity index (χ0n) is 22.1. The van der Waals surface area contributed by atoms with Gasteiger partial charge in [-0.1, -0.05) is 65.5 Å². The number of nitrogens with zero attached hydrogens (tertiary/aromatic N) is 2. The third-order valence-corrected chi connectivity index (χ3v) is 9.32. The molecule has 2 amide bonds. The summed E-state index contributed by atoms with van der Waals surface area (Å²) in [5, 5.41) is 4.12. The molecule has 0 saturated carbocycles. The zero-order chi connectivity index (χ0) is 29.6. The van der Waals surface area contributed by atoms with E-state index in [2.05, 4.69) is 5.32 Å². The van der Waals surface area contributed by atoms with Gasteiger partial charge in [-0.05, 0) is 74.9 Å². The number of hydrogen-bond donors (Lipinski definition) is 1. The molecular formula is C28H29Cl4N3O4S. The van der Waals surface area contributed by atoms with E-state index in [1.54, 1.807) is 37.3 Å². The summed E-state index contributed by atoms with van der Waals surface area (Å²) in [6.07, 6.45) is 0.685. The lowest BCUT2D eigenvalue weighted by molar-refractivity contribution is -0.139. The van der Waals surface area contributed by atoms with E-state index in [1.165, 1.54) is 41.3 Å². The number of sulfonamides is 1. The highest BCUT2D eigenvalue weighted by Gasteiger charge is 2.33. The summed E-state index contributed by atoms with van der Waals surface area (Å²) >= 11 is 25.0. The van der Waals surface area contributed by atoms with Crippen molar-refractivity contribution in [1.29, 1.82) is 0 Å². The van der Waals surface area contributed by atoms with Gasteiger partial charge in [0.15, 0.2) is 0 Å². The topological polar surface area (TPSA) is 86.8 Å². The fraction of sp³-hybridized carbons (Fsp3) is 0.286. The van der Waals surface area contributed by atoms with E-state index in [0.717, 1.165) is 4.31 Å². The van der Waals surface area contributed by atoms with Gasteiger partial charge in [0.1, 0.15) is 12.6 Å². The van der Waals surface area contributed by atoms with E-state index in [9.17, 15) is 18.0 Å². The highest BCUT2D eigenvalue weighted by molar-refractivity contribution is 7.92. The third kappa shape index (κ3) is 7.83. The predicted octanol–water partition coefficient (Wildman–Crippen LogP) is 6.83. The lowest BCUT2D eigenvalue weighted by Gasteiger charge is -2.33. The molecule has 0 aliphatic heterocycles. The number of carbonyl (C=O) groups excluding carboxylic acids is 2. The average Bonchev–Trinajstić information content (AvgIpc) is 2.91. The van der Waals surface area contributed by atoms with Gasteiger partial charge in [0.25, 0.3) is 10.0 Å². The first-order chi connectivity index (χ1) is 18.8. The molecule has 0 aliphatic carbocycles. The van der Waals surface area contributed by atoms with Crippen LogP contribution in [0.15, 0.2) is 71.6 Å². The molecule has 1 N–H and O–H groups in total. The Morgan fingerprint density at radius 1 is 0.875 bits per heavy atom. The molecule has 7 nitrogen and oxygen atoms in total. The molecule has 0 spiro atoms. The first-order valence-corrected chi connectivity index (χ1v) is 15.4. The van der Waals surface area contributed by atoms with E-state index in [1.807, 2.05) is 13.8 Å². The van der Waals surface area contributed by atoms with Crippen molar-refractivity contribution in [2.45, 2.75) is 50.7 Å². The minimum atomic E-state index is -4.26. The maximum atomic E-state index is 14.0. The van der Waals surface area contributed by atoms with Crippen molar-refractivity contribution in [3.05, 3.63) is 92.4 Å². The predicted molar refractivity (Wildman–Crippen MR) is 162 cm³/mol. The van der Waals surface area contributed by atoms with Gasteiger partial charge in [-0.25, -0.2) is 8.42 Å². The van der Waals surface area contributed by atoms with Crippen LogP contribution in [0.5, 0.6) is 0 Å². The lowest BCUT2D eigenvalue weighted by Crippen LogP contribution is -2.52. The maximum Gasteiger partial charge on any atom is 0.264 e. The molecule has 0 radical (unpaired) electrons. The molecule has 0 aromatic heterocycles. The minimum absolute atomic E-state index is 0.0760. The van der Waals surface area contributed by atoms with Crippen molar-refractivity contribution in [3.63, 3.8) is 0 Å². The van der Waals surface area contributed by atoms with Crippen LogP contribution in [0.25, 0.3) is 0 Å². The van der Waals surface area contributed by atoms with Crippen LogP contribution >= 0.6 is 46.4 Å². The van der Waals surface area contributed by atoms with Crippen LogP contribution < -0.4 is 9.62 Å². The summed E-state index contributed by atoms with van der Waals surface area (Å²) in [5.74, 6) is -1.05. The second-order valence-corrected chi connectivity index (χ2v) is 12.7. The number of halogens is 4. The Labute approximate surface area is 255 Å². The molecular weight excluding hydrogens is 616 g/mol. The molecule has 3 rings (SSSR count). The molecule has 0 bridgehead atoms. The summed E-state index contributed by atoms with van der Waals surface area (Å²) in [7, 11) is -4.26. The fourth-order valence-electron chi connectivity index (χ4n) is 3.80. The molecule has 0 saturated heterocycles. The van der Waals surface area contributed by atoms with Crippen molar-refractivity contribution in [1.82, 2.24) is 10.2 Å². The Hall–Kier alpha value is -2.49. The number of hydrogen-bond acceptors (Lipinski definition) is 4. The lowest BCUT2D eigenvalue weighted by atomic mass is 10.1. The van der Waals surface area contributed by atoms with Crippen LogP contribution in [-0.2, 0) is 26.2 Å². The molecule has 12 heteroatoms. The number of carbonyl (C=O) groups is 2. The molecule has 0 heterocycles. The average molecular weight is 645 g/mol. The highest BCUT2D eigenvalue weighted by Crippen LogP contribution is 2.29. The van der Waals surface area contributed by atoms with Gasteiger partial charge in [-0.2, -0.15) is 0 Å². The van der Waals surface area contributed by atoms with Crippen LogP contribution in [0.2, 0.25) is 20.1 Å². The zero-order valence-corrected chi connectivity index (χ0v) is 25.9. The molecule has 0 aliphatic rings. The molecule has 214 valence electrons. The molecule has 0 unspecified atom stereocenters. The molecule has 3 aromatic carbocycles. The first kappa shape index (κ1) is 32.0. The standard InChI is InChI=1S/C28H29Cl4N3O4S/c1-4-18(2)33-28(37)19(3)34(16-24-25(31)9-6-10-26(24)32)27(36)17-35(22-8-5-7-21(30)15-22)40(38,39)23-13-11-20(29)12-14-23/h5-15,18-19H,4,16-17H2,1-3H3,(H,33,37)/t18-,19+/m1/s1.